The van der Waals surface area contributed by atoms with Gasteiger partial charge in [-0.15, -0.1) is 0 Å². The summed E-state index contributed by atoms with van der Waals surface area (Å²) in [5, 5.41) is 10.7. The number of aliphatic hydroxyl groups excluding tert-OH is 1. The molecule has 2 saturated heterocycles. The van der Waals surface area contributed by atoms with Crippen molar-refractivity contribution in [2.75, 3.05) is 25.9 Å². The Kier molecular flexibility index (Phi) is 4.05. The van der Waals surface area contributed by atoms with Gasteiger partial charge >= 0.3 is 0 Å². The van der Waals surface area contributed by atoms with Gasteiger partial charge in [0.05, 0.1) is 29.9 Å². The lowest BCUT2D eigenvalue weighted by Crippen LogP contribution is -2.62. The highest BCUT2D eigenvalue weighted by atomic mass is 32.2. The van der Waals surface area contributed by atoms with Gasteiger partial charge in [-0.3, -0.25) is 4.90 Å². The largest absolute Gasteiger partial charge is 0.390 e. The summed E-state index contributed by atoms with van der Waals surface area (Å²) >= 11 is 0. The fourth-order valence-corrected chi connectivity index (χ4v) is 5.33. The zero-order chi connectivity index (χ0) is 16.0. The molecule has 0 aromatic carbocycles. The standard InChI is InChI=1S/C14H24N4O3S/c1-16-8-12(15-11-16)9-17-7-5-14(13(19)10-17)4-3-6-18(14)22(2,20)21/h8,11,13,19H,3-7,9-10H2,1-2H3/t13-,14-/m0/s1. The summed E-state index contributed by atoms with van der Waals surface area (Å²) in [5.74, 6) is 0. The van der Waals surface area contributed by atoms with Crippen molar-refractivity contribution in [1.29, 1.82) is 0 Å². The first-order chi connectivity index (χ1) is 10.3. The number of nitrogens with zero attached hydrogens (tertiary/aromatic N) is 4. The summed E-state index contributed by atoms with van der Waals surface area (Å²) in [7, 11) is -1.35. The van der Waals surface area contributed by atoms with Gasteiger partial charge in [0.25, 0.3) is 0 Å². The lowest BCUT2D eigenvalue weighted by molar-refractivity contribution is -0.0382. The van der Waals surface area contributed by atoms with Crippen molar-refractivity contribution in [2.24, 2.45) is 7.05 Å². The summed E-state index contributed by atoms with van der Waals surface area (Å²) in [6.45, 7) is 2.48. The molecule has 0 radical (unpaired) electrons. The van der Waals surface area contributed by atoms with Crippen molar-refractivity contribution in [1.82, 2.24) is 18.8 Å². The first kappa shape index (κ1) is 15.9. The summed E-state index contributed by atoms with van der Waals surface area (Å²) in [6.07, 6.45) is 6.57. The molecular formula is C14H24N4O3S. The van der Waals surface area contributed by atoms with Crippen LogP contribution < -0.4 is 0 Å². The number of piperidine rings is 1. The van der Waals surface area contributed by atoms with Crippen LogP contribution in [0.25, 0.3) is 0 Å². The fourth-order valence-electron chi connectivity index (χ4n) is 3.90. The van der Waals surface area contributed by atoms with Gasteiger partial charge in [-0.1, -0.05) is 0 Å². The molecule has 22 heavy (non-hydrogen) atoms. The van der Waals surface area contributed by atoms with Crippen LogP contribution in [0.2, 0.25) is 0 Å². The zero-order valence-corrected chi connectivity index (χ0v) is 14.0. The normalized spacial score (nSPS) is 31.1. The number of hydrogen-bond acceptors (Lipinski definition) is 5. The molecular weight excluding hydrogens is 304 g/mol. The quantitative estimate of drug-likeness (QED) is 0.830. The second-order valence-electron chi connectivity index (χ2n) is 6.57. The third-order valence-electron chi connectivity index (χ3n) is 4.92. The molecule has 2 aliphatic rings. The summed E-state index contributed by atoms with van der Waals surface area (Å²) in [4.78, 5) is 6.46. The van der Waals surface area contributed by atoms with E-state index in [9.17, 15) is 13.5 Å². The molecule has 0 aliphatic carbocycles. The van der Waals surface area contributed by atoms with Crippen LogP contribution in [0.1, 0.15) is 25.0 Å². The van der Waals surface area contributed by atoms with Gasteiger partial charge in [0.15, 0.2) is 0 Å². The minimum absolute atomic E-state index is 0.489. The van der Waals surface area contributed by atoms with Gasteiger partial charge < -0.3 is 9.67 Å². The minimum atomic E-state index is -3.28. The second kappa shape index (κ2) is 5.59. The van der Waals surface area contributed by atoms with E-state index in [1.807, 2.05) is 17.8 Å². The third kappa shape index (κ3) is 2.80. The molecule has 124 valence electrons. The van der Waals surface area contributed by atoms with Crippen LogP contribution >= 0.6 is 0 Å². The molecule has 2 fully saturated rings. The molecule has 0 saturated carbocycles. The number of β-amino-alcohol motifs (C(OH)–C–C–N with tert-alkyl or cyclic N) is 1. The Balaban J connectivity index is 1.72. The van der Waals surface area contributed by atoms with Crippen LogP contribution in [0.4, 0.5) is 0 Å². The van der Waals surface area contributed by atoms with Crippen LogP contribution in [0, 0.1) is 0 Å². The van der Waals surface area contributed by atoms with Crippen molar-refractivity contribution in [3.63, 3.8) is 0 Å². The van der Waals surface area contributed by atoms with Crippen LogP contribution in [-0.2, 0) is 23.6 Å². The van der Waals surface area contributed by atoms with E-state index >= 15 is 0 Å². The van der Waals surface area contributed by atoms with Gasteiger partial charge in [0.1, 0.15) is 0 Å². The van der Waals surface area contributed by atoms with Crippen molar-refractivity contribution in [3.05, 3.63) is 18.2 Å². The average molecular weight is 328 g/mol. The molecule has 0 bridgehead atoms. The lowest BCUT2D eigenvalue weighted by atomic mass is 9.83. The second-order valence-corrected chi connectivity index (χ2v) is 8.48. The van der Waals surface area contributed by atoms with E-state index in [2.05, 4.69) is 9.88 Å². The predicted molar refractivity (Wildman–Crippen MR) is 82.6 cm³/mol. The van der Waals surface area contributed by atoms with E-state index in [-0.39, 0.29) is 0 Å². The fraction of sp³-hybridized carbons (Fsp3) is 0.786. The van der Waals surface area contributed by atoms with E-state index in [1.54, 1.807) is 6.33 Å². The predicted octanol–water partition coefficient (Wildman–Crippen LogP) is -0.219. The van der Waals surface area contributed by atoms with Gasteiger partial charge in [-0.05, 0) is 19.3 Å². The van der Waals surface area contributed by atoms with E-state index in [4.69, 9.17) is 0 Å². The number of likely N-dealkylation sites (tertiary alicyclic amines) is 1. The van der Waals surface area contributed by atoms with Crippen LogP contribution in [-0.4, -0.2) is 69.8 Å². The Labute approximate surface area is 131 Å². The molecule has 2 atom stereocenters. The highest BCUT2D eigenvalue weighted by Crippen LogP contribution is 2.40. The molecule has 2 aliphatic heterocycles. The lowest BCUT2D eigenvalue weighted by Gasteiger charge is -2.47. The number of aryl methyl sites for hydroxylation is 1. The molecule has 1 aromatic rings. The monoisotopic (exact) mass is 328 g/mol. The Morgan fingerprint density at radius 2 is 2.18 bits per heavy atom. The molecule has 3 heterocycles. The minimum Gasteiger partial charge on any atom is -0.390 e. The molecule has 1 N–H and O–H groups in total. The van der Waals surface area contributed by atoms with Gasteiger partial charge in [0.2, 0.25) is 10.0 Å². The van der Waals surface area contributed by atoms with Gasteiger partial charge in [-0.2, -0.15) is 4.31 Å². The maximum atomic E-state index is 12.0. The van der Waals surface area contributed by atoms with Gasteiger partial charge in [-0.25, -0.2) is 13.4 Å². The van der Waals surface area contributed by atoms with Crippen molar-refractivity contribution < 1.29 is 13.5 Å². The van der Waals surface area contributed by atoms with Crippen LogP contribution in [0.15, 0.2) is 12.5 Å². The molecule has 7 nitrogen and oxygen atoms in total. The van der Waals surface area contributed by atoms with Crippen molar-refractivity contribution in [3.8, 4) is 0 Å². The maximum Gasteiger partial charge on any atom is 0.211 e. The van der Waals surface area contributed by atoms with Crippen molar-refractivity contribution >= 4 is 10.0 Å². The highest BCUT2D eigenvalue weighted by Gasteiger charge is 2.52. The molecule has 3 rings (SSSR count). The van der Waals surface area contributed by atoms with E-state index in [0.29, 0.717) is 26.1 Å². The Morgan fingerprint density at radius 3 is 2.77 bits per heavy atom. The maximum absolute atomic E-state index is 12.0. The average Bonchev–Trinajstić information content (AvgIpc) is 3.01. The van der Waals surface area contributed by atoms with Gasteiger partial charge in [0, 0.05) is 39.4 Å². The van der Waals surface area contributed by atoms with E-state index in [1.165, 1.54) is 10.6 Å². The number of aliphatic hydroxyl groups is 1. The first-order valence-corrected chi connectivity index (χ1v) is 9.51. The van der Waals surface area contributed by atoms with Crippen molar-refractivity contribution in [2.45, 2.75) is 37.5 Å². The number of hydrogen-bond donors (Lipinski definition) is 1. The summed E-state index contributed by atoms with van der Waals surface area (Å²) in [5.41, 5.74) is 0.367. The Morgan fingerprint density at radius 1 is 1.41 bits per heavy atom. The molecule has 0 amide bonds. The number of rotatable bonds is 3. The molecule has 0 unspecified atom stereocenters. The van der Waals surface area contributed by atoms with Crippen LogP contribution in [0.3, 0.4) is 0 Å². The number of imidazole rings is 1. The number of sulfonamides is 1. The zero-order valence-electron chi connectivity index (χ0n) is 13.1. The third-order valence-corrected chi connectivity index (χ3v) is 6.27. The summed E-state index contributed by atoms with van der Waals surface area (Å²) < 4.78 is 27.5. The molecule has 1 aromatic heterocycles. The smallest absolute Gasteiger partial charge is 0.211 e. The Hall–Kier alpha value is -0.960. The summed E-state index contributed by atoms with van der Waals surface area (Å²) in [6, 6.07) is 0. The SMILES string of the molecule is Cn1cnc(CN2CC[C@@]3(CCCN3S(C)(=O)=O)[C@@H](O)C2)c1. The van der Waals surface area contributed by atoms with E-state index < -0.39 is 21.7 Å². The topological polar surface area (TPSA) is 78.7 Å². The molecule has 1 spiro atoms. The Bertz CT molecular complexity index is 644. The van der Waals surface area contributed by atoms with E-state index in [0.717, 1.165) is 25.1 Å². The van der Waals surface area contributed by atoms with Crippen LogP contribution in [0.5, 0.6) is 0 Å². The first-order valence-electron chi connectivity index (χ1n) is 7.66. The molecule has 8 heteroatoms. The number of aromatic nitrogens is 2. The highest BCUT2D eigenvalue weighted by molar-refractivity contribution is 7.88.